The van der Waals surface area contributed by atoms with E-state index in [2.05, 4.69) is 52.8 Å². The van der Waals surface area contributed by atoms with Gasteiger partial charge in [0.05, 0.1) is 0 Å². The predicted molar refractivity (Wildman–Crippen MR) is 91.6 cm³/mol. The van der Waals surface area contributed by atoms with E-state index in [0.29, 0.717) is 5.92 Å². The van der Waals surface area contributed by atoms with Gasteiger partial charge in [-0.05, 0) is 57.2 Å². The van der Waals surface area contributed by atoms with Gasteiger partial charge in [-0.1, -0.05) is 49.2 Å². The van der Waals surface area contributed by atoms with Crippen molar-refractivity contribution >= 4 is 0 Å². The van der Waals surface area contributed by atoms with Crippen molar-refractivity contribution in [3.8, 4) is 11.5 Å². The van der Waals surface area contributed by atoms with Crippen LogP contribution in [0.25, 0.3) is 0 Å². The second-order valence-electron chi connectivity index (χ2n) is 6.60. The Labute approximate surface area is 134 Å². The fourth-order valence-corrected chi connectivity index (χ4v) is 2.73. The van der Waals surface area contributed by atoms with Gasteiger partial charge >= 0.3 is 0 Å². The molecular formula is C20H26O2. The lowest BCUT2D eigenvalue weighted by Crippen LogP contribution is -2.07. The molecule has 0 saturated carbocycles. The number of rotatable bonds is 5. The minimum absolute atomic E-state index is 0.574. The standard InChI is InChI=1S/C20H26O2/c1-13(2)9-18-12-15(4)11-17(6)20(18)22-21-19-8-7-14(3)10-16(19)5/h7-8,10-13H,9H2,1-6H3. The van der Waals surface area contributed by atoms with Gasteiger partial charge in [0.15, 0.2) is 11.5 Å². The molecule has 0 aliphatic rings. The number of hydrogen-bond donors (Lipinski definition) is 0. The summed E-state index contributed by atoms with van der Waals surface area (Å²) in [5.41, 5.74) is 5.87. The van der Waals surface area contributed by atoms with E-state index in [1.807, 2.05) is 19.1 Å². The van der Waals surface area contributed by atoms with Crippen LogP contribution in [0.3, 0.4) is 0 Å². The summed E-state index contributed by atoms with van der Waals surface area (Å²) in [6.45, 7) is 12.7. The van der Waals surface area contributed by atoms with E-state index >= 15 is 0 Å². The highest BCUT2D eigenvalue weighted by atomic mass is 17.2. The summed E-state index contributed by atoms with van der Waals surface area (Å²) in [7, 11) is 0. The van der Waals surface area contributed by atoms with Gasteiger partial charge < -0.3 is 0 Å². The van der Waals surface area contributed by atoms with Gasteiger partial charge in [-0.3, -0.25) is 9.78 Å². The van der Waals surface area contributed by atoms with Crippen LogP contribution >= 0.6 is 0 Å². The highest BCUT2D eigenvalue weighted by Crippen LogP contribution is 2.29. The minimum Gasteiger partial charge on any atom is -0.290 e. The van der Waals surface area contributed by atoms with Crippen LogP contribution in [0.2, 0.25) is 0 Å². The molecule has 0 aliphatic heterocycles. The highest BCUT2D eigenvalue weighted by molar-refractivity contribution is 5.44. The zero-order valence-corrected chi connectivity index (χ0v) is 14.5. The zero-order valence-electron chi connectivity index (χ0n) is 14.5. The van der Waals surface area contributed by atoms with Crippen LogP contribution in [-0.2, 0) is 6.42 Å². The van der Waals surface area contributed by atoms with E-state index in [9.17, 15) is 0 Å². The van der Waals surface area contributed by atoms with E-state index < -0.39 is 0 Å². The Morgan fingerprint density at radius 1 is 0.818 bits per heavy atom. The Morgan fingerprint density at radius 3 is 2.14 bits per heavy atom. The molecule has 0 N–H and O–H groups in total. The average molecular weight is 298 g/mol. The Bertz CT molecular complexity index is 657. The van der Waals surface area contributed by atoms with Crippen molar-refractivity contribution in [1.29, 1.82) is 0 Å². The van der Waals surface area contributed by atoms with Crippen molar-refractivity contribution in [3.05, 3.63) is 58.1 Å². The summed E-state index contributed by atoms with van der Waals surface area (Å²) in [6, 6.07) is 10.4. The van der Waals surface area contributed by atoms with Crippen LogP contribution in [0, 0.1) is 33.6 Å². The van der Waals surface area contributed by atoms with E-state index in [1.54, 1.807) is 0 Å². The molecule has 0 spiro atoms. The molecule has 0 heterocycles. The fraction of sp³-hybridized carbons (Fsp3) is 0.400. The predicted octanol–water partition coefficient (Wildman–Crippen LogP) is 5.49. The molecule has 0 unspecified atom stereocenters. The maximum atomic E-state index is 5.73. The summed E-state index contributed by atoms with van der Waals surface area (Å²) in [6.07, 6.45) is 0.980. The third-order valence-corrected chi connectivity index (χ3v) is 3.67. The quantitative estimate of drug-likeness (QED) is 0.536. The topological polar surface area (TPSA) is 18.5 Å². The molecule has 0 aromatic heterocycles. The first-order valence-electron chi connectivity index (χ1n) is 7.88. The summed E-state index contributed by atoms with van der Waals surface area (Å²) in [5, 5.41) is 0. The first kappa shape index (κ1) is 16.4. The summed E-state index contributed by atoms with van der Waals surface area (Å²) < 4.78 is 0. The van der Waals surface area contributed by atoms with Crippen LogP contribution in [0.4, 0.5) is 0 Å². The van der Waals surface area contributed by atoms with Gasteiger partial charge in [0.2, 0.25) is 0 Å². The molecule has 0 atom stereocenters. The fourth-order valence-electron chi connectivity index (χ4n) is 2.73. The molecule has 0 fully saturated rings. The maximum absolute atomic E-state index is 5.73. The largest absolute Gasteiger partial charge is 0.290 e. The van der Waals surface area contributed by atoms with Crippen molar-refractivity contribution in [2.75, 3.05) is 0 Å². The Balaban J connectivity index is 2.24. The summed E-state index contributed by atoms with van der Waals surface area (Å²) in [4.78, 5) is 11.4. The van der Waals surface area contributed by atoms with Crippen molar-refractivity contribution in [1.82, 2.24) is 0 Å². The van der Waals surface area contributed by atoms with Crippen molar-refractivity contribution < 1.29 is 9.78 Å². The lowest BCUT2D eigenvalue weighted by atomic mass is 9.98. The van der Waals surface area contributed by atoms with Gasteiger partial charge in [-0.15, -0.1) is 0 Å². The molecule has 2 rings (SSSR count). The molecule has 22 heavy (non-hydrogen) atoms. The Morgan fingerprint density at radius 2 is 1.50 bits per heavy atom. The molecule has 0 radical (unpaired) electrons. The van der Waals surface area contributed by atoms with Crippen molar-refractivity contribution in [2.24, 2.45) is 5.92 Å². The molecule has 2 nitrogen and oxygen atoms in total. The van der Waals surface area contributed by atoms with E-state index in [0.717, 1.165) is 29.0 Å². The smallest absolute Gasteiger partial charge is 0.184 e. The Hall–Kier alpha value is -1.96. The third kappa shape index (κ3) is 4.03. The van der Waals surface area contributed by atoms with Crippen molar-refractivity contribution in [2.45, 2.75) is 48.0 Å². The van der Waals surface area contributed by atoms with Crippen LogP contribution in [-0.4, -0.2) is 0 Å². The third-order valence-electron chi connectivity index (χ3n) is 3.67. The van der Waals surface area contributed by atoms with Crippen LogP contribution < -0.4 is 9.78 Å². The normalized spacial score (nSPS) is 10.9. The van der Waals surface area contributed by atoms with E-state index in [1.165, 1.54) is 16.7 Å². The van der Waals surface area contributed by atoms with Crippen molar-refractivity contribution in [3.63, 3.8) is 0 Å². The maximum Gasteiger partial charge on any atom is 0.184 e. The molecule has 0 aliphatic carbocycles. The van der Waals surface area contributed by atoms with Gasteiger partial charge in [0, 0.05) is 5.56 Å². The van der Waals surface area contributed by atoms with Crippen LogP contribution in [0.1, 0.15) is 41.7 Å². The molecular weight excluding hydrogens is 272 g/mol. The second kappa shape index (κ2) is 6.87. The van der Waals surface area contributed by atoms with Gasteiger partial charge in [0.25, 0.3) is 0 Å². The van der Waals surface area contributed by atoms with Gasteiger partial charge in [-0.2, -0.15) is 0 Å². The zero-order chi connectivity index (χ0) is 16.3. The van der Waals surface area contributed by atoms with Crippen LogP contribution in [0.15, 0.2) is 30.3 Å². The minimum atomic E-state index is 0.574. The molecule has 2 aromatic rings. The molecule has 0 amide bonds. The van der Waals surface area contributed by atoms with E-state index in [4.69, 9.17) is 9.78 Å². The molecule has 0 bridgehead atoms. The monoisotopic (exact) mass is 298 g/mol. The molecule has 118 valence electrons. The molecule has 2 heteroatoms. The highest BCUT2D eigenvalue weighted by Gasteiger charge is 2.13. The second-order valence-corrected chi connectivity index (χ2v) is 6.60. The number of hydrogen-bond acceptors (Lipinski definition) is 2. The first-order chi connectivity index (χ1) is 10.4. The van der Waals surface area contributed by atoms with Gasteiger partial charge in [0.1, 0.15) is 0 Å². The summed E-state index contributed by atoms with van der Waals surface area (Å²) in [5.74, 6) is 2.19. The lowest BCUT2D eigenvalue weighted by Gasteiger charge is -2.16. The lowest BCUT2D eigenvalue weighted by molar-refractivity contribution is -0.102. The molecule has 2 aromatic carbocycles. The SMILES string of the molecule is Cc1ccc(OOc2c(C)cc(C)cc2CC(C)C)c(C)c1. The summed E-state index contributed by atoms with van der Waals surface area (Å²) >= 11 is 0. The molecule has 0 saturated heterocycles. The van der Waals surface area contributed by atoms with E-state index in [-0.39, 0.29) is 0 Å². The first-order valence-corrected chi connectivity index (χ1v) is 7.88. The average Bonchev–Trinajstić information content (AvgIpc) is 2.39. The number of benzene rings is 2. The number of aryl methyl sites for hydroxylation is 4. The Kier molecular flexibility index (Phi) is 5.12. The van der Waals surface area contributed by atoms with Gasteiger partial charge in [-0.25, -0.2) is 0 Å². The van der Waals surface area contributed by atoms with Crippen LogP contribution in [0.5, 0.6) is 11.5 Å².